The lowest BCUT2D eigenvalue weighted by Gasteiger charge is -2.23. The Kier molecular flexibility index (Phi) is 5.51. The molecule has 0 aliphatic heterocycles. The summed E-state index contributed by atoms with van der Waals surface area (Å²) in [7, 11) is 0. The van der Waals surface area contributed by atoms with Crippen molar-refractivity contribution >= 4 is 11.8 Å². The van der Waals surface area contributed by atoms with Crippen molar-refractivity contribution in [2.75, 3.05) is 25.0 Å². The van der Waals surface area contributed by atoms with Crippen molar-refractivity contribution in [3.63, 3.8) is 0 Å². The van der Waals surface area contributed by atoms with Gasteiger partial charge < -0.3 is 15.3 Å². The second kappa shape index (κ2) is 6.90. The van der Waals surface area contributed by atoms with Crippen molar-refractivity contribution in [3.8, 4) is 0 Å². The minimum absolute atomic E-state index is 0.0445. The summed E-state index contributed by atoms with van der Waals surface area (Å²) in [4.78, 5) is 20.8. The Morgan fingerprint density at radius 3 is 2.50 bits per heavy atom. The number of carboxylic acids is 1. The van der Waals surface area contributed by atoms with Crippen molar-refractivity contribution < 1.29 is 9.90 Å². The van der Waals surface area contributed by atoms with Gasteiger partial charge in [0.2, 0.25) is 0 Å². The van der Waals surface area contributed by atoms with E-state index in [9.17, 15) is 4.79 Å². The number of hydrogen-bond acceptors (Lipinski definition) is 5. The Balaban J connectivity index is 2.53. The molecule has 0 aliphatic rings. The average Bonchev–Trinajstić information content (AvgIpc) is 2.36. The van der Waals surface area contributed by atoms with Gasteiger partial charge in [0.1, 0.15) is 5.82 Å². The van der Waals surface area contributed by atoms with E-state index in [1.807, 2.05) is 0 Å². The second-order valence-electron chi connectivity index (χ2n) is 4.12. The van der Waals surface area contributed by atoms with E-state index in [4.69, 9.17) is 5.11 Å². The number of likely N-dealkylation sites (N-methyl/N-ethyl adjacent to an activating group) is 1. The first-order valence-electron chi connectivity index (χ1n) is 6.11. The lowest BCUT2D eigenvalue weighted by molar-refractivity contribution is 0.0690. The average molecular weight is 252 g/mol. The highest BCUT2D eigenvalue weighted by Crippen LogP contribution is 2.04. The van der Waals surface area contributed by atoms with E-state index in [0.717, 1.165) is 19.6 Å². The summed E-state index contributed by atoms with van der Waals surface area (Å²) < 4.78 is 0. The van der Waals surface area contributed by atoms with Crippen LogP contribution in [0.2, 0.25) is 0 Å². The zero-order valence-electron chi connectivity index (χ0n) is 11.1. The fourth-order valence-corrected chi connectivity index (χ4v) is 1.68. The summed E-state index contributed by atoms with van der Waals surface area (Å²) >= 11 is 0. The molecular formula is C12H20N4O2. The van der Waals surface area contributed by atoms with Gasteiger partial charge in [0.15, 0.2) is 5.69 Å². The van der Waals surface area contributed by atoms with Gasteiger partial charge in [-0.05, 0) is 20.0 Å². The van der Waals surface area contributed by atoms with Crippen LogP contribution in [0.1, 0.15) is 31.3 Å². The third-order valence-corrected chi connectivity index (χ3v) is 2.69. The van der Waals surface area contributed by atoms with E-state index in [-0.39, 0.29) is 11.7 Å². The van der Waals surface area contributed by atoms with Crippen LogP contribution in [0.4, 0.5) is 5.82 Å². The fourth-order valence-electron chi connectivity index (χ4n) is 1.68. The highest BCUT2D eigenvalue weighted by Gasteiger charge is 2.09. The van der Waals surface area contributed by atoms with E-state index in [2.05, 4.69) is 41.0 Å². The van der Waals surface area contributed by atoms with Crippen LogP contribution in [0, 0.1) is 0 Å². The van der Waals surface area contributed by atoms with Gasteiger partial charge in [0.25, 0.3) is 0 Å². The summed E-state index contributed by atoms with van der Waals surface area (Å²) in [5.41, 5.74) is -0.0445. The molecule has 2 N–H and O–H groups in total. The number of rotatable bonds is 7. The number of carboxylic acid groups (broad SMARTS) is 1. The number of nitrogens with one attached hydrogen (secondary N) is 1. The van der Waals surface area contributed by atoms with Crippen LogP contribution in [0.3, 0.4) is 0 Å². The van der Waals surface area contributed by atoms with Crippen LogP contribution in [0.5, 0.6) is 0 Å². The van der Waals surface area contributed by atoms with Crippen molar-refractivity contribution in [3.05, 3.63) is 18.1 Å². The molecule has 0 bridgehead atoms. The first-order chi connectivity index (χ1) is 8.56. The van der Waals surface area contributed by atoms with Crippen molar-refractivity contribution in [2.24, 2.45) is 0 Å². The molecule has 1 unspecified atom stereocenters. The molecule has 18 heavy (non-hydrogen) atoms. The molecule has 0 fully saturated rings. The molecule has 100 valence electrons. The number of anilines is 1. The summed E-state index contributed by atoms with van der Waals surface area (Å²) in [5.74, 6) is -0.468. The van der Waals surface area contributed by atoms with Gasteiger partial charge in [0.05, 0.1) is 12.4 Å². The number of aromatic carboxylic acids is 1. The van der Waals surface area contributed by atoms with Crippen LogP contribution < -0.4 is 5.32 Å². The Morgan fingerprint density at radius 2 is 2.06 bits per heavy atom. The minimum Gasteiger partial charge on any atom is -0.476 e. The largest absolute Gasteiger partial charge is 0.476 e. The molecular weight excluding hydrogens is 232 g/mol. The molecule has 0 saturated carbocycles. The highest BCUT2D eigenvalue weighted by molar-refractivity contribution is 5.84. The van der Waals surface area contributed by atoms with E-state index in [1.54, 1.807) is 0 Å². The van der Waals surface area contributed by atoms with Crippen molar-refractivity contribution in [1.29, 1.82) is 0 Å². The van der Waals surface area contributed by atoms with Gasteiger partial charge in [-0.2, -0.15) is 0 Å². The molecule has 1 aromatic heterocycles. The Morgan fingerprint density at radius 1 is 1.39 bits per heavy atom. The standard InChI is InChI=1S/C12H20N4O2/c1-4-16(5-2)8-9(3)15-11-7-13-10(6-14-11)12(17)18/h6-7,9H,4-5,8H2,1-3H3,(H,14,15)(H,17,18). The molecule has 1 atom stereocenters. The summed E-state index contributed by atoms with van der Waals surface area (Å²) in [6.07, 6.45) is 2.71. The zero-order chi connectivity index (χ0) is 13.5. The number of aromatic nitrogens is 2. The van der Waals surface area contributed by atoms with Gasteiger partial charge >= 0.3 is 5.97 Å². The predicted molar refractivity (Wildman–Crippen MR) is 69.9 cm³/mol. The maximum Gasteiger partial charge on any atom is 0.356 e. The first kappa shape index (κ1) is 14.4. The topological polar surface area (TPSA) is 78.4 Å². The number of carbonyl (C=O) groups is 1. The summed E-state index contributed by atoms with van der Waals surface area (Å²) in [6.45, 7) is 9.23. The quantitative estimate of drug-likeness (QED) is 0.762. The third-order valence-electron chi connectivity index (χ3n) is 2.69. The van der Waals surface area contributed by atoms with E-state index < -0.39 is 5.97 Å². The molecule has 1 aromatic rings. The molecule has 1 heterocycles. The molecule has 1 rings (SSSR count). The van der Waals surface area contributed by atoms with E-state index in [1.165, 1.54) is 12.4 Å². The van der Waals surface area contributed by atoms with Crippen molar-refractivity contribution in [1.82, 2.24) is 14.9 Å². The summed E-state index contributed by atoms with van der Waals surface area (Å²) in [5, 5.41) is 11.9. The maximum absolute atomic E-state index is 10.6. The lowest BCUT2D eigenvalue weighted by Crippen LogP contribution is -2.35. The zero-order valence-corrected chi connectivity index (χ0v) is 11.1. The normalized spacial score (nSPS) is 12.4. The molecule has 6 heteroatoms. The monoisotopic (exact) mass is 252 g/mol. The minimum atomic E-state index is -1.06. The Labute approximate surface area is 107 Å². The van der Waals surface area contributed by atoms with Crippen molar-refractivity contribution in [2.45, 2.75) is 26.8 Å². The molecule has 0 saturated heterocycles. The molecule has 0 radical (unpaired) electrons. The smallest absolute Gasteiger partial charge is 0.356 e. The molecule has 0 aromatic carbocycles. The first-order valence-corrected chi connectivity index (χ1v) is 6.11. The van der Waals surface area contributed by atoms with Gasteiger partial charge in [-0.1, -0.05) is 13.8 Å². The molecule has 0 aliphatic carbocycles. The maximum atomic E-state index is 10.6. The van der Waals surface area contributed by atoms with Crippen LogP contribution >= 0.6 is 0 Å². The highest BCUT2D eigenvalue weighted by atomic mass is 16.4. The molecule has 0 spiro atoms. The Bertz CT molecular complexity index is 376. The van der Waals surface area contributed by atoms with E-state index >= 15 is 0 Å². The summed E-state index contributed by atoms with van der Waals surface area (Å²) in [6, 6.07) is 0.231. The van der Waals surface area contributed by atoms with E-state index in [0.29, 0.717) is 5.82 Å². The van der Waals surface area contributed by atoms with Crippen LogP contribution in [-0.2, 0) is 0 Å². The third kappa shape index (κ3) is 4.29. The van der Waals surface area contributed by atoms with Crippen LogP contribution in [-0.4, -0.2) is 51.6 Å². The SMILES string of the molecule is CCN(CC)CC(C)Nc1cnc(C(=O)O)cn1. The van der Waals surface area contributed by atoms with Gasteiger partial charge in [0, 0.05) is 12.6 Å². The van der Waals surface area contributed by atoms with Gasteiger partial charge in [-0.3, -0.25) is 0 Å². The lowest BCUT2D eigenvalue weighted by atomic mass is 10.3. The Hall–Kier alpha value is -1.69. The predicted octanol–water partition coefficient (Wildman–Crippen LogP) is 1.32. The molecule has 6 nitrogen and oxygen atoms in total. The van der Waals surface area contributed by atoms with Crippen LogP contribution in [0.25, 0.3) is 0 Å². The second-order valence-corrected chi connectivity index (χ2v) is 4.12. The fraction of sp³-hybridized carbons (Fsp3) is 0.583. The number of hydrogen-bond donors (Lipinski definition) is 2. The van der Waals surface area contributed by atoms with Gasteiger partial charge in [-0.25, -0.2) is 14.8 Å². The molecule has 0 amide bonds. The number of nitrogens with zero attached hydrogens (tertiary/aromatic N) is 3. The van der Waals surface area contributed by atoms with Crippen LogP contribution in [0.15, 0.2) is 12.4 Å². The van der Waals surface area contributed by atoms with Gasteiger partial charge in [-0.15, -0.1) is 0 Å².